The maximum atomic E-state index is 10.1. The number of carbonyl (C=O) groups is 4. The highest BCUT2D eigenvalue weighted by atomic mass is 16.4. The molecule has 0 aromatic rings. The predicted molar refractivity (Wildman–Crippen MR) is 87.4 cm³/mol. The third-order valence-electron chi connectivity index (χ3n) is 2.41. The summed E-state index contributed by atoms with van der Waals surface area (Å²) in [5.74, 6) is -4.51. The average Bonchev–Trinajstić information content (AvgIpc) is 2.47. The van der Waals surface area contributed by atoms with Crippen molar-refractivity contribution in [3.8, 4) is 0 Å². The molecule has 0 aromatic carbocycles. The fourth-order valence-electron chi connectivity index (χ4n) is 0.872. The van der Waals surface area contributed by atoms with Gasteiger partial charge in [-0.25, -0.2) is 0 Å². The molecule has 0 bridgehead atoms. The summed E-state index contributed by atoms with van der Waals surface area (Å²) in [5.41, 5.74) is 20.1. The van der Waals surface area contributed by atoms with Crippen LogP contribution in [0.1, 0.15) is 39.0 Å². The standard InChI is InChI=1S/C6H11NO4.C4H7NO4.C3H10N2/c7-4(6(10)11)2-1-3-5(8)9;5-2(4(8)9)1-3(6)7;1-2-3(4)5/h4H,1-3,7H2,(H,8,9)(H,10,11);2H,1,5H2,(H,6,7)(H,8,9);3H,2,4-5H2,1H3. The van der Waals surface area contributed by atoms with Crippen LogP contribution in [0.5, 0.6) is 0 Å². The molecule has 12 heteroatoms. The number of nitrogens with two attached hydrogens (primary N) is 4. The Morgan fingerprint density at radius 1 is 0.800 bits per heavy atom. The van der Waals surface area contributed by atoms with Crippen molar-refractivity contribution >= 4 is 23.9 Å². The summed E-state index contributed by atoms with van der Waals surface area (Å²) < 4.78 is 0. The molecule has 0 fully saturated rings. The van der Waals surface area contributed by atoms with E-state index in [9.17, 15) is 19.2 Å². The number of hydrogen-bond donors (Lipinski definition) is 8. The Balaban J connectivity index is -0.000000311. The molecule has 0 spiro atoms. The average molecular weight is 368 g/mol. The molecule has 12 N–H and O–H groups in total. The van der Waals surface area contributed by atoms with Gasteiger partial charge in [0, 0.05) is 6.42 Å². The number of rotatable bonds is 9. The number of hydrogen-bond acceptors (Lipinski definition) is 8. The lowest BCUT2D eigenvalue weighted by atomic mass is 10.1. The van der Waals surface area contributed by atoms with Crippen LogP contribution >= 0.6 is 0 Å². The smallest absolute Gasteiger partial charge is 0.321 e. The van der Waals surface area contributed by atoms with E-state index in [0.717, 1.165) is 6.42 Å². The molecular formula is C13H28N4O8. The van der Waals surface area contributed by atoms with E-state index in [-0.39, 0.29) is 19.0 Å². The van der Waals surface area contributed by atoms with Crippen molar-refractivity contribution in [1.29, 1.82) is 0 Å². The zero-order chi connectivity index (χ0) is 20.6. The summed E-state index contributed by atoms with van der Waals surface area (Å²) in [6.45, 7) is 1.95. The third-order valence-corrected chi connectivity index (χ3v) is 2.41. The molecule has 0 saturated carbocycles. The number of carboxylic acids is 4. The van der Waals surface area contributed by atoms with Crippen LogP contribution in [-0.2, 0) is 19.2 Å². The van der Waals surface area contributed by atoms with Gasteiger partial charge in [-0.05, 0) is 19.3 Å². The van der Waals surface area contributed by atoms with Gasteiger partial charge in [0.25, 0.3) is 0 Å². The van der Waals surface area contributed by atoms with Gasteiger partial charge in [0.15, 0.2) is 0 Å². The van der Waals surface area contributed by atoms with Crippen molar-refractivity contribution in [3.05, 3.63) is 0 Å². The molecule has 0 saturated heterocycles. The molecule has 0 aliphatic rings. The fourth-order valence-corrected chi connectivity index (χ4v) is 0.872. The SMILES string of the molecule is CCC(N)N.NC(CC(=O)O)C(=O)O.NC(CCCC(=O)O)C(=O)O. The zero-order valence-electron chi connectivity index (χ0n) is 14.0. The molecule has 0 rings (SSSR count). The van der Waals surface area contributed by atoms with Gasteiger partial charge in [0.2, 0.25) is 0 Å². The van der Waals surface area contributed by atoms with Crippen molar-refractivity contribution in [2.24, 2.45) is 22.9 Å². The molecule has 0 amide bonds. The third kappa shape index (κ3) is 26.9. The van der Waals surface area contributed by atoms with Crippen molar-refractivity contribution in [3.63, 3.8) is 0 Å². The van der Waals surface area contributed by atoms with Crippen molar-refractivity contribution in [2.75, 3.05) is 0 Å². The maximum Gasteiger partial charge on any atom is 0.321 e. The van der Waals surface area contributed by atoms with Gasteiger partial charge in [-0.1, -0.05) is 6.92 Å². The van der Waals surface area contributed by atoms with Crippen LogP contribution in [0.4, 0.5) is 0 Å². The fraction of sp³-hybridized carbons (Fsp3) is 0.692. The Hall–Kier alpha value is -2.28. The van der Waals surface area contributed by atoms with E-state index in [2.05, 4.69) is 0 Å². The minimum Gasteiger partial charge on any atom is -0.481 e. The van der Waals surface area contributed by atoms with Crippen LogP contribution in [0, 0.1) is 0 Å². The van der Waals surface area contributed by atoms with Gasteiger partial charge in [-0.15, -0.1) is 0 Å². The normalized spacial score (nSPS) is 11.9. The summed E-state index contributed by atoms with van der Waals surface area (Å²) >= 11 is 0. The summed E-state index contributed by atoms with van der Waals surface area (Å²) in [6, 6.07) is -2.23. The van der Waals surface area contributed by atoms with Gasteiger partial charge in [-0.2, -0.15) is 0 Å². The lowest BCUT2D eigenvalue weighted by Crippen LogP contribution is -2.32. The van der Waals surface area contributed by atoms with Gasteiger partial charge in [-0.3, -0.25) is 19.2 Å². The molecule has 0 radical (unpaired) electrons. The van der Waals surface area contributed by atoms with Crippen LogP contribution in [0.2, 0.25) is 0 Å². The second kappa shape index (κ2) is 16.6. The largest absolute Gasteiger partial charge is 0.481 e. The Labute approximate surface area is 144 Å². The molecule has 25 heavy (non-hydrogen) atoms. The first-order valence-corrected chi connectivity index (χ1v) is 7.26. The van der Waals surface area contributed by atoms with Crippen LogP contribution in [0.25, 0.3) is 0 Å². The van der Waals surface area contributed by atoms with Crippen LogP contribution in [-0.4, -0.2) is 62.6 Å². The first kappa shape index (κ1) is 27.6. The number of carboxylic acid groups (broad SMARTS) is 4. The first-order valence-electron chi connectivity index (χ1n) is 7.26. The second-order valence-corrected chi connectivity index (χ2v) is 4.85. The Morgan fingerprint density at radius 2 is 1.20 bits per heavy atom. The number of aliphatic carboxylic acids is 4. The van der Waals surface area contributed by atoms with Gasteiger partial charge >= 0.3 is 23.9 Å². The van der Waals surface area contributed by atoms with Crippen LogP contribution in [0.15, 0.2) is 0 Å². The molecule has 12 nitrogen and oxygen atoms in total. The van der Waals surface area contributed by atoms with Crippen molar-refractivity contribution in [1.82, 2.24) is 0 Å². The van der Waals surface area contributed by atoms with Crippen LogP contribution < -0.4 is 22.9 Å². The van der Waals surface area contributed by atoms with E-state index >= 15 is 0 Å². The van der Waals surface area contributed by atoms with Gasteiger partial charge < -0.3 is 43.4 Å². The van der Waals surface area contributed by atoms with Crippen molar-refractivity contribution in [2.45, 2.75) is 57.3 Å². The lowest BCUT2D eigenvalue weighted by molar-refractivity contribution is -0.144. The Morgan fingerprint density at radius 3 is 1.40 bits per heavy atom. The second-order valence-electron chi connectivity index (χ2n) is 4.85. The molecule has 0 aliphatic heterocycles. The van der Waals surface area contributed by atoms with Gasteiger partial charge in [0.05, 0.1) is 12.6 Å². The highest BCUT2D eigenvalue weighted by Crippen LogP contribution is 1.98. The quantitative estimate of drug-likeness (QED) is 0.209. The highest BCUT2D eigenvalue weighted by molar-refractivity contribution is 5.80. The zero-order valence-corrected chi connectivity index (χ0v) is 14.0. The van der Waals surface area contributed by atoms with E-state index in [1.165, 1.54) is 0 Å². The van der Waals surface area contributed by atoms with E-state index < -0.39 is 42.4 Å². The first-order chi connectivity index (χ1) is 11.3. The van der Waals surface area contributed by atoms with E-state index in [0.29, 0.717) is 6.42 Å². The molecule has 0 aromatic heterocycles. The summed E-state index contributed by atoms with van der Waals surface area (Å²) in [7, 11) is 0. The lowest BCUT2D eigenvalue weighted by Gasteiger charge is -2.02. The minimum atomic E-state index is -1.29. The summed E-state index contributed by atoms with van der Waals surface area (Å²) in [6.07, 6.45) is 0.704. The van der Waals surface area contributed by atoms with Crippen LogP contribution in [0.3, 0.4) is 0 Å². The Kier molecular flexibility index (Phi) is 18.3. The maximum absolute atomic E-state index is 10.1. The summed E-state index contributed by atoms with van der Waals surface area (Å²) in [4.78, 5) is 39.7. The van der Waals surface area contributed by atoms with E-state index in [4.69, 9.17) is 43.4 Å². The molecule has 0 aliphatic carbocycles. The molecule has 2 atom stereocenters. The topological polar surface area (TPSA) is 253 Å². The summed E-state index contributed by atoms with van der Waals surface area (Å²) in [5, 5.41) is 32.5. The predicted octanol–water partition coefficient (Wildman–Crippen LogP) is -1.83. The minimum absolute atomic E-state index is 0.0268. The van der Waals surface area contributed by atoms with Crippen molar-refractivity contribution < 1.29 is 39.6 Å². The van der Waals surface area contributed by atoms with E-state index in [1.54, 1.807) is 0 Å². The molecule has 0 heterocycles. The highest BCUT2D eigenvalue weighted by Gasteiger charge is 2.14. The van der Waals surface area contributed by atoms with E-state index in [1.807, 2.05) is 6.92 Å². The molecular weight excluding hydrogens is 340 g/mol. The molecule has 148 valence electrons. The monoisotopic (exact) mass is 368 g/mol. The van der Waals surface area contributed by atoms with Gasteiger partial charge in [0.1, 0.15) is 12.1 Å². The Bertz CT molecular complexity index is 417. The molecule has 2 unspecified atom stereocenters.